The van der Waals surface area contributed by atoms with Crippen LogP contribution in [0.2, 0.25) is 0 Å². The minimum Gasteiger partial charge on any atom is -0.366 e. The zero-order chi connectivity index (χ0) is 16.6. The molecule has 2 aromatic carbocycles. The van der Waals surface area contributed by atoms with Crippen molar-refractivity contribution in [3.63, 3.8) is 0 Å². The number of rotatable bonds is 3. The summed E-state index contributed by atoms with van der Waals surface area (Å²) in [6.45, 7) is 5.68. The Morgan fingerprint density at radius 3 is 2.57 bits per heavy atom. The van der Waals surface area contributed by atoms with Gasteiger partial charge in [0.25, 0.3) is 0 Å². The number of benzene rings is 2. The number of hydrogen-bond donors (Lipinski definition) is 1. The zero-order valence-electron chi connectivity index (χ0n) is 13.2. The van der Waals surface area contributed by atoms with E-state index in [2.05, 4.69) is 16.2 Å². The lowest BCUT2D eigenvalue weighted by Gasteiger charge is -2.13. The summed E-state index contributed by atoms with van der Waals surface area (Å²) in [5.41, 5.74) is 10.5. The minimum atomic E-state index is -0.485. The van der Waals surface area contributed by atoms with Gasteiger partial charge < -0.3 is 10.3 Å². The second-order valence-corrected chi connectivity index (χ2v) is 5.44. The molecule has 0 aliphatic rings. The van der Waals surface area contributed by atoms with E-state index in [9.17, 15) is 4.79 Å². The number of carbonyl (C=O) groups excluding carboxylic acids is 1. The van der Waals surface area contributed by atoms with Crippen LogP contribution in [0, 0.1) is 26.8 Å². The van der Waals surface area contributed by atoms with Crippen LogP contribution in [0.1, 0.15) is 27.4 Å². The quantitative estimate of drug-likeness (QED) is 0.805. The maximum atomic E-state index is 11.7. The third-order valence-electron chi connectivity index (χ3n) is 3.73. The summed E-state index contributed by atoms with van der Waals surface area (Å²) < 4.78 is 5.02. The van der Waals surface area contributed by atoms with E-state index in [0.29, 0.717) is 17.3 Å². The highest BCUT2D eigenvalue weighted by Gasteiger charge is 2.15. The van der Waals surface area contributed by atoms with Crippen molar-refractivity contribution < 1.29 is 9.32 Å². The Bertz CT molecular complexity index is 897. The number of nitrogens with zero attached hydrogens (tertiary/aromatic N) is 2. The van der Waals surface area contributed by atoms with E-state index in [1.54, 1.807) is 13.0 Å². The number of hydrogen-bond acceptors (Lipinski definition) is 4. The third-order valence-corrected chi connectivity index (χ3v) is 3.73. The molecule has 5 nitrogen and oxygen atoms in total. The van der Waals surface area contributed by atoms with Crippen LogP contribution in [-0.4, -0.2) is 16.0 Å². The molecule has 2 N–H and O–H groups in total. The van der Waals surface area contributed by atoms with Crippen LogP contribution in [0.15, 0.2) is 34.9 Å². The Morgan fingerprint density at radius 1 is 1.17 bits per heavy atom. The Kier molecular flexibility index (Phi) is 3.70. The van der Waals surface area contributed by atoms with Gasteiger partial charge >= 0.3 is 0 Å². The average molecular weight is 306 g/mol. The Hall–Kier alpha value is -2.95. The van der Waals surface area contributed by atoms with Crippen LogP contribution in [0.3, 0.4) is 0 Å². The monoisotopic (exact) mass is 306 g/mol. The van der Waals surface area contributed by atoms with Gasteiger partial charge in [-0.15, -0.1) is 0 Å². The van der Waals surface area contributed by atoms with Gasteiger partial charge in [-0.25, -0.2) is 0 Å². The summed E-state index contributed by atoms with van der Waals surface area (Å²) in [6.07, 6.45) is 0. The fraction of sp³-hybridized carbons (Fsp3) is 0.167. The molecule has 5 heteroatoms. The van der Waals surface area contributed by atoms with Crippen molar-refractivity contribution in [1.29, 1.82) is 0 Å². The molecular weight excluding hydrogens is 290 g/mol. The maximum Gasteiger partial charge on any atom is 0.249 e. The topological polar surface area (TPSA) is 82.0 Å². The van der Waals surface area contributed by atoms with E-state index < -0.39 is 5.91 Å². The lowest BCUT2D eigenvalue weighted by molar-refractivity contribution is 0.100. The van der Waals surface area contributed by atoms with Crippen LogP contribution in [0.25, 0.3) is 22.5 Å². The molecule has 1 heterocycles. The lowest BCUT2D eigenvalue weighted by Crippen LogP contribution is -2.13. The van der Waals surface area contributed by atoms with Gasteiger partial charge in [0.05, 0.1) is 5.56 Å². The maximum absolute atomic E-state index is 11.7. The van der Waals surface area contributed by atoms with E-state index in [1.807, 2.05) is 38.1 Å². The minimum absolute atomic E-state index is 0.399. The van der Waals surface area contributed by atoms with Crippen molar-refractivity contribution in [2.24, 2.45) is 5.73 Å². The van der Waals surface area contributed by atoms with Gasteiger partial charge in [0.15, 0.2) is 0 Å². The zero-order valence-corrected chi connectivity index (χ0v) is 13.2. The van der Waals surface area contributed by atoms with E-state index >= 15 is 0 Å². The van der Waals surface area contributed by atoms with Crippen LogP contribution >= 0.6 is 0 Å². The molecule has 0 spiro atoms. The first-order chi connectivity index (χ1) is 11.0. The number of primary amides is 1. The molecule has 0 fully saturated rings. The smallest absolute Gasteiger partial charge is 0.249 e. The Labute approximate surface area is 134 Å². The van der Waals surface area contributed by atoms with Gasteiger partial charge in [0.1, 0.15) is 0 Å². The third kappa shape index (κ3) is 2.73. The summed E-state index contributed by atoms with van der Waals surface area (Å²) in [5.74, 6) is 0.579. The van der Waals surface area contributed by atoms with Gasteiger partial charge in [-0.3, -0.25) is 4.79 Å². The normalized spacial score (nSPS) is 10.7. The first-order valence-electron chi connectivity index (χ1n) is 7.20. The van der Waals surface area contributed by atoms with Crippen LogP contribution in [-0.2, 0) is 0 Å². The highest BCUT2D eigenvalue weighted by atomic mass is 16.5. The van der Waals surface area contributed by atoms with Crippen molar-refractivity contribution in [2.45, 2.75) is 20.8 Å². The first-order valence-corrected chi connectivity index (χ1v) is 7.20. The van der Waals surface area contributed by atoms with Crippen LogP contribution in [0.5, 0.6) is 0 Å². The van der Waals surface area contributed by atoms with Gasteiger partial charge in [0.2, 0.25) is 17.6 Å². The molecule has 0 unspecified atom stereocenters. The number of aromatic nitrogens is 2. The van der Waals surface area contributed by atoms with Gasteiger partial charge in [-0.1, -0.05) is 29.4 Å². The Balaban J connectivity index is 2.14. The fourth-order valence-corrected chi connectivity index (χ4v) is 2.64. The van der Waals surface area contributed by atoms with Crippen LogP contribution < -0.4 is 5.73 Å². The molecule has 3 aromatic rings. The van der Waals surface area contributed by atoms with E-state index in [-0.39, 0.29) is 0 Å². The van der Waals surface area contributed by atoms with Crippen molar-refractivity contribution in [3.8, 4) is 22.5 Å². The first kappa shape index (κ1) is 15.0. The molecule has 1 aromatic heterocycles. The average Bonchev–Trinajstić information content (AvgIpc) is 2.94. The summed E-state index contributed by atoms with van der Waals surface area (Å²) in [6, 6.07) is 12.4. The largest absolute Gasteiger partial charge is 0.366 e. The SMILES string of the molecule is Cc1nc(-c2ccc(-c3c(C(N)=O)[c]ccc3C)c(C)c2)no1. The predicted octanol–water partition coefficient (Wildman–Crippen LogP) is 3.23. The number of nitrogens with two attached hydrogens (primary N) is 1. The number of aryl methyl sites for hydroxylation is 3. The molecule has 0 bridgehead atoms. The molecular formula is C18H16N3O2. The molecule has 0 atom stereocenters. The molecule has 0 saturated heterocycles. The van der Waals surface area contributed by atoms with Gasteiger partial charge in [-0.2, -0.15) is 4.98 Å². The van der Waals surface area contributed by atoms with Crippen LogP contribution in [0.4, 0.5) is 0 Å². The molecule has 1 radical (unpaired) electrons. The predicted molar refractivity (Wildman–Crippen MR) is 86.7 cm³/mol. The molecule has 1 amide bonds. The van der Waals surface area contributed by atoms with Crippen molar-refractivity contribution in [1.82, 2.24) is 10.1 Å². The number of carbonyl (C=O) groups is 1. The molecule has 0 saturated carbocycles. The van der Waals surface area contributed by atoms with Crippen molar-refractivity contribution >= 4 is 5.91 Å². The molecule has 23 heavy (non-hydrogen) atoms. The number of amides is 1. The summed E-state index contributed by atoms with van der Waals surface area (Å²) in [4.78, 5) is 15.9. The molecule has 3 rings (SSSR count). The highest BCUT2D eigenvalue weighted by Crippen LogP contribution is 2.32. The fourth-order valence-electron chi connectivity index (χ4n) is 2.64. The van der Waals surface area contributed by atoms with Gasteiger partial charge in [-0.05, 0) is 48.2 Å². The lowest BCUT2D eigenvalue weighted by atomic mass is 9.91. The molecule has 0 aliphatic carbocycles. The van der Waals surface area contributed by atoms with Gasteiger partial charge in [0, 0.05) is 12.5 Å². The van der Waals surface area contributed by atoms with E-state index in [1.165, 1.54) is 0 Å². The highest BCUT2D eigenvalue weighted by molar-refractivity contribution is 6.00. The molecule has 0 aliphatic heterocycles. The summed E-state index contributed by atoms with van der Waals surface area (Å²) >= 11 is 0. The Morgan fingerprint density at radius 2 is 1.96 bits per heavy atom. The summed E-state index contributed by atoms with van der Waals surface area (Å²) in [7, 11) is 0. The second kappa shape index (κ2) is 5.68. The van der Waals surface area contributed by atoms with Crippen molar-refractivity contribution in [2.75, 3.05) is 0 Å². The summed E-state index contributed by atoms with van der Waals surface area (Å²) in [5, 5.41) is 3.93. The molecule has 115 valence electrons. The van der Waals surface area contributed by atoms with E-state index in [0.717, 1.165) is 27.8 Å². The van der Waals surface area contributed by atoms with E-state index in [4.69, 9.17) is 10.3 Å². The standard InChI is InChI=1S/C18H16N3O2/c1-10-5-4-6-15(17(19)22)16(10)14-8-7-13(9-11(14)2)18-20-12(3)23-21-18/h4-5,7-9H,1-3H3,(H2,19,22). The van der Waals surface area contributed by atoms with Crippen molar-refractivity contribution in [3.05, 3.63) is 59.0 Å². The second-order valence-electron chi connectivity index (χ2n) is 5.44.